The minimum absolute atomic E-state index is 0.0384. The van der Waals surface area contributed by atoms with E-state index in [9.17, 15) is 13.6 Å². The van der Waals surface area contributed by atoms with Crippen LogP contribution in [0.15, 0.2) is 53.1 Å². The Labute approximate surface area is 165 Å². The lowest BCUT2D eigenvalue weighted by Crippen LogP contribution is -2.07. The van der Waals surface area contributed by atoms with Crippen LogP contribution in [-0.2, 0) is 22.6 Å². The van der Waals surface area contributed by atoms with Crippen molar-refractivity contribution in [2.24, 2.45) is 0 Å². The molecule has 0 radical (unpaired) electrons. The van der Waals surface area contributed by atoms with E-state index in [1.165, 1.54) is 25.3 Å². The number of aromatic nitrogens is 2. The third-order valence-corrected chi connectivity index (χ3v) is 3.89. The Kier molecular flexibility index (Phi) is 6.72. The number of benzene rings is 2. The summed E-state index contributed by atoms with van der Waals surface area (Å²) in [7, 11) is 1.33. The predicted octanol–water partition coefficient (Wildman–Crippen LogP) is 4.02. The maximum atomic E-state index is 12.3. The van der Waals surface area contributed by atoms with Gasteiger partial charge in [-0.25, -0.2) is 0 Å². The van der Waals surface area contributed by atoms with Gasteiger partial charge >= 0.3 is 12.6 Å². The minimum Gasteiger partial charge on any atom is -0.493 e. The lowest BCUT2D eigenvalue weighted by Gasteiger charge is -2.11. The highest BCUT2D eigenvalue weighted by molar-refractivity contribution is 5.69. The monoisotopic (exact) mass is 404 g/mol. The highest BCUT2D eigenvalue weighted by atomic mass is 19.3. The molecule has 152 valence electrons. The number of hydrogen-bond donors (Lipinski definition) is 0. The second-order valence-corrected chi connectivity index (χ2v) is 5.90. The molecule has 0 saturated carbocycles. The first kappa shape index (κ1) is 20.2. The summed E-state index contributed by atoms with van der Waals surface area (Å²) in [6.07, 6.45) is 0.295. The van der Waals surface area contributed by atoms with Crippen molar-refractivity contribution in [2.75, 3.05) is 7.11 Å². The molecule has 0 bridgehead atoms. The van der Waals surface area contributed by atoms with Crippen LogP contribution in [0.1, 0.15) is 17.9 Å². The van der Waals surface area contributed by atoms with Crippen LogP contribution in [-0.4, -0.2) is 29.8 Å². The number of carbonyl (C=O) groups is 1. The zero-order valence-corrected chi connectivity index (χ0v) is 15.5. The molecule has 0 saturated heterocycles. The molecule has 2 aromatic carbocycles. The highest BCUT2D eigenvalue weighted by Gasteiger charge is 2.13. The normalized spacial score (nSPS) is 10.8. The number of carbonyl (C=O) groups excluding carboxylic acids is 1. The molecule has 1 heterocycles. The van der Waals surface area contributed by atoms with Gasteiger partial charge in [0.15, 0.2) is 11.5 Å². The topological polar surface area (TPSA) is 83.7 Å². The number of nitrogens with zero attached hydrogens (tertiary/aromatic N) is 2. The van der Waals surface area contributed by atoms with Gasteiger partial charge < -0.3 is 18.7 Å². The number of esters is 1. The fourth-order valence-electron chi connectivity index (χ4n) is 2.50. The van der Waals surface area contributed by atoms with Gasteiger partial charge in [-0.05, 0) is 17.7 Å². The molecule has 0 aliphatic carbocycles. The van der Waals surface area contributed by atoms with Gasteiger partial charge in [-0.1, -0.05) is 41.6 Å². The van der Waals surface area contributed by atoms with Gasteiger partial charge in [0.05, 0.1) is 13.5 Å². The number of halogens is 2. The van der Waals surface area contributed by atoms with Crippen LogP contribution >= 0.6 is 0 Å². The van der Waals surface area contributed by atoms with Gasteiger partial charge in [0.25, 0.3) is 0 Å². The Balaban J connectivity index is 1.50. The van der Waals surface area contributed by atoms with Crippen molar-refractivity contribution < 1.29 is 32.3 Å². The number of rotatable bonds is 9. The van der Waals surface area contributed by atoms with Crippen LogP contribution in [0.3, 0.4) is 0 Å². The van der Waals surface area contributed by atoms with Gasteiger partial charge in [-0.15, -0.1) is 0 Å². The summed E-state index contributed by atoms with van der Waals surface area (Å²) >= 11 is 0. The van der Waals surface area contributed by atoms with Crippen LogP contribution in [0, 0.1) is 0 Å². The van der Waals surface area contributed by atoms with E-state index in [4.69, 9.17) is 14.0 Å². The molecular formula is C20H18F2N2O5. The molecule has 1 aromatic heterocycles. The zero-order valence-electron chi connectivity index (χ0n) is 15.5. The Morgan fingerprint density at radius 1 is 1.14 bits per heavy atom. The third-order valence-electron chi connectivity index (χ3n) is 3.89. The molecule has 0 atom stereocenters. The molecule has 0 amide bonds. The van der Waals surface area contributed by atoms with Crippen molar-refractivity contribution >= 4 is 5.97 Å². The van der Waals surface area contributed by atoms with Crippen LogP contribution in [0.4, 0.5) is 8.78 Å². The summed E-state index contributed by atoms with van der Waals surface area (Å²) in [5.41, 5.74) is 1.39. The number of ether oxygens (including phenoxy) is 3. The Morgan fingerprint density at radius 3 is 2.66 bits per heavy atom. The van der Waals surface area contributed by atoms with E-state index in [0.717, 1.165) is 5.56 Å². The number of methoxy groups -OCH3 is 1. The van der Waals surface area contributed by atoms with E-state index in [0.29, 0.717) is 17.3 Å². The van der Waals surface area contributed by atoms with Crippen LogP contribution in [0.2, 0.25) is 0 Å². The van der Waals surface area contributed by atoms with Crippen molar-refractivity contribution in [2.45, 2.75) is 26.1 Å². The van der Waals surface area contributed by atoms with E-state index < -0.39 is 12.6 Å². The lowest BCUT2D eigenvalue weighted by molar-refractivity contribution is -0.145. The fraction of sp³-hybridized carbons (Fsp3) is 0.250. The van der Waals surface area contributed by atoms with Crippen LogP contribution in [0.25, 0.3) is 11.4 Å². The van der Waals surface area contributed by atoms with Gasteiger partial charge in [0.1, 0.15) is 6.61 Å². The SMILES string of the molecule is COc1cc(COC(=O)CCc2nc(-c3ccccc3)no2)ccc1OC(F)F. The average Bonchev–Trinajstić information content (AvgIpc) is 3.21. The largest absolute Gasteiger partial charge is 0.493 e. The molecule has 9 heteroatoms. The Bertz CT molecular complexity index is 947. The summed E-state index contributed by atoms with van der Waals surface area (Å²) in [4.78, 5) is 16.2. The molecule has 0 unspecified atom stereocenters. The van der Waals surface area contributed by atoms with E-state index in [2.05, 4.69) is 14.9 Å². The number of hydrogen-bond acceptors (Lipinski definition) is 7. The summed E-state index contributed by atoms with van der Waals surface area (Å²) in [6.45, 7) is -3.00. The predicted molar refractivity (Wildman–Crippen MR) is 97.5 cm³/mol. The molecule has 0 aliphatic heterocycles. The molecule has 3 aromatic rings. The Hall–Kier alpha value is -3.49. The van der Waals surface area contributed by atoms with E-state index in [1.54, 1.807) is 0 Å². The average molecular weight is 404 g/mol. The minimum atomic E-state index is -2.96. The van der Waals surface area contributed by atoms with Crippen molar-refractivity contribution in [1.29, 1.82) is 0 Å². The van der Waals surface area contributed by atoms with E-state index in [1.807, 2.05) is 30.3 Å². The second kappa shape index (κ2) is 9.63. The summed E-state index contributed by atoms with van der Waals surface area (Å²) < 4.78 is 44.4. The van der Waals surface area contributed by atoms with Gasteiger partial charge in [-0.2, -0.15) is 13.8 Å². The Morgan fingerprint density at radius 2 is 1.93 bits per heavy atom. The summed E-state index contributed by atoms with van der Waals surface area (Å²) in [5, 5.41) is 3.89. The standard InChI is InChI=1S/C20H18F2N2O5/c1-26-16-11-13(7-8-15(16)28-20(21)22)12-27-18(25)10-9-17-23-19(24-29-17)14-5-3-2-4-6-14/h2-8,11,20H,9-10,12H2,1H3. The maximum absolute atomic E-state index is 12.3. The fourth-order valence-corrected chi connectivity index (χ4v) is 2.50. The smallest absolute Gasteiger partial charge is 0.387 e. The molecule has 29 heavy (non-hydrogen) atoms. The highest BCUT2D eigenvalue weighted by Crippen LogP contribution is 2.29. The quantitative estimate of drug-likeness (QED) is 0.498. The second-order valence-electron chi connectivity index (χ2n) is 5.90. The van der Waals surface area contributed by atoms with Gasteiger partial charge in [0.2, 0.25) is 11.7 Å². The number of alkyl halides is 2. The first-order valence-electron chi connectivity index (χ1n) is 8.70. The van der Waals surface area contributed by atoms with E-state index >= 15 is 0 Å². The maximum Gasteiger partial charge on any atom is 0.387 e. The van der Waals surface area contributed by atoms with Crippen molar-refractivity contribution in [1.82, 2.24) is 10.1 Å². The molecule has 7 nitrogen and oxygen atoms in total. The molecule has 0 fully saturated rings. The van der Waals surface area contributed by atoms with Crippen LogP contribution in [0.5, 0.6) is 11.5 Å². The lowest BCUT2D eigenvalue weighted by atomic mass is 10.2. The van der Waals surface area contributed by atoms with Crippen molar-refractivity contribution in [3.05, 3.63) is 60.0 Å². The van der Waals surface area contributed by atoms with E-state index in [-0.39, 0.29) is 30.9 Å². The number of aryl methyl sites for hydroxylation is 1. The molecule has 3 rings (SSSR count). The molecular weight excluding hydrogens is 386 g/mol. The molecule has 0 aliphatic rings. The first-order valence-corrected chi connectivity index (χ1v) is 8.70. The van der Waals surface area contributed by atoms with Crippen LogP contribution < -0.4 is 9.47 Å². The summed E-state index contributed by atoms with van der Waals surface area (Å²) in [6, 6.07) is 13.6. The third kappa shape index (κ3) is 5.74. The van der Waals surface area contributed by atoms with Gasteiger partial charge in [0, 0.05) is 12.0 Å². The van der Waals surface area contributed by atoms with Gasteiger partial charge in [-0.3, -0.25) is 4.79 Å². The molecule has 0 spiro atoms. The van der Waals surface area contributed by atoms with Crippen molar-refractivity contribution in [3.8, 4) is 22.9 Å². The zero-order chi connectivity index (χ0) is 20.6. The first-order chi connectivity index (χ1) is 14.0. The van der Waals surface area contributed by atoms with Crippen molar-refractivity contribution in [3.63, 3.8) is 0 Å². The molecule has 0 N–H and O–H groups in total. The summed E-state index contributed by atoms with van der Waals surface area (Å²) in [5.74, 6) is 0.348.